The Kier molecular flexibility index (Phi) is 6.55. The maximum Gasteiger partial charge on any atom is 0.233 e. The number of hydrogen-bond acceptors (Lipinski definition) is 5. The van der Waals surface area contributed by atoms with E-state index in [2.05, 4.69) is 10.3 Å². The van der Waals surface area contributed by atoms with Gasteiger partial charge in [-0.15, -0.1) is 11.3 Å². The Labute approximate surface area is 154 Å². The first-order valence-electron chi connectivity index (χ1n) is 7.73. The molecule has 0 bridgehead atoms. The monoisotopic (exact) mass is 381 g/mol. The molecule has 0 aliphatic rings. The molecule has 8 heteroatoms. The molecule has 2 rings (SSSR count). The van der Waals surface area contributed by atoms with Crippen LogP contribution in [0.3, 0.4) is 0 Å². The van der Waals surface area contributed by atoms with Crippen LogP contribution in [-0.2, 0) is 16.0 Å². The van der Waals surface area contributed by atoms with Crippen LogP contribution < -0.4 is 11.1 Å². The first kappa shape index (κ1) is 19.4. The molecule has 0 spiro atoms. The summed E-state index contributed by atoms with van der Waals surface area (Å²) in [4.78, 5) is 28.6. The van der Waals surface area contributed by atoms with Gasteiger partial charge in [-0.1, -0.05) is 23.9 Å². The lowest BCUT2D eigenvalue weighted by atomic mass is 10.1. The molecule has 134 valence electrons. The minimum Gasteiger partial charge on any atom is -0.369 e. The van der Waals surface area contributed by atoms with Gasteiger partial charge in [0.25, 0.3) is 0 Å². The normalized spacial score (nSPS) is 13.3. The van der Waals surface area contributed by atoms with E-state index in [4.69, 9.17) is 5.73 Å². The van der Waals surface area contributed by atoms with Crippen LogP contribution in [-0.4, -0.2) is 22.0 Å². The Balaban J connectivity index is 1.95. The number of thioether (sulfide) groups is 1. The molecular weight excluding hydrogens is 361 g/mol. The van der Waals surface area contributed by atoms with Crippen LogP contribution >= 0.6 is 23.1 Å². The molecule has 25 heavy (non-hydrogen) atoms. The van der Waals surface area contributed by atoms with Crippen molar-refractivity contribution in [3.05, 3.63) is 46.2 Å². The van der Waals surface area contributed by atoms with Gasteiger partial charge in [-0.25, -0.2) is 9.37 Å². The van der Waals surface area contributed by atoms with E-state index in [1.54, 1.807) is 19.1 Å². The Morgan fingerprint density at radius 3 is 2.56 bits per heavy atom. The van der Waals surface area contributed by atoms with Crippen LogP contribution in [0, 0.1) is 12.7 Å². The Hall–Kier alpha value is -1.93. The predicted octanol–water partition coefficient (Wildman–Crippen LogP) is 2.98. The number of rotatable bonds is 7. The first-order chi connectivity index (χ1) is 11.8. The third kappa shape index (κ3) is 5.54. The average molecular weight is 381 g/mol. The van der Waals surface area contributed by atoms with E-state index in [9.17, 15) is 14.0 Å². The number of hydrogen-bond donors (Lipinski definition) is 2. The topological polar surface area (TPSA) is 85.1 Å². The molecule has 0 aliphatic heterocycles. The third-order valence-corrected chi connectivity index (χ3v) is 5.93. The second-order valence-electron chi connectivity index (χ2n) is 5.67. The van der Waals surface area contributed by atoms with Crippen LogP contribution in [0.5, 0.6) is 0 Å². The van der Waals surface area contributed by atoms with E-state index in [1.807, 2.05) is 13.8 Å². The van der Waals surface area contributed by atoms with Crippen molar-refractivity contribution < 1.29 is 14.0 Å². The smallest absolute Gasteiger partial charge is 0.233 e. The van der Waals surface area contributed by atoms with E-state index in [0.29, 0.717) is 0 Å². The second-order valence-corrected chi connectivity index (χ2v) is 8.34. The van der Waals surface area contributed by atoms with E-state index in [0.717, 1.165) is 20.5 Å². The number of halogens is 1. The number of carbonyl (C=O) groups excluding carboxylic acids is 2. The minimum atomic E-state index is -0.401. The third-order valence-electron chi connectivity index (χ3n) is 3.58. The lowest BCUT2D eigenvalue weighted by Gasteiger charge is -2.17. The zero-order valence-corrected chi connectivity index (χ0v) is 15.8. The molecule has 0 saturated heterocycles. The zero-order valence-electron chi connectivity index (χ0n) is 14.2. The van der Waals surface area contributed by atoms with Gasteiger partial charge in [0.05, 0.1) is 23.4 Å². The largest absolute Gasteiger partial charge is 0.369 e. The summed E-state index contributed by atoms with van der Waals surface area (Å²) in [6.07, 6.45) is 0.159. The molecule has 1 heterocycles. The summed E-state index contributed by atoms with van der Waals surface area (Å²) in [5.74, 6) is -0.842. The molecule has 1 aromatic heterocycles. The van der Waals surface area contributed by atoms with Crippen LogP contribution in [0.2, 0.25) is 0 Å². The molecule has 0 fully saturated rings. The van der Waals surface area contributed by atoms with Crippen LogP contribution in [0.1, 0.15) is 36.0 Å². The fourth-order valence-electron chi connectivity index (χ4n) is 2.14. The summed E-state index contributed by atoms with van der Waals surface area (Å²) in [5, 5.41) is 2.56. The number of thiazole rings is 1. The summed E-state index contributed by atoms with van der Waals surface area (Å²) >= 11 is 2.72. The maximum atomic E-state index is 13.0. The Morgan fingerprint density at radius 2 is 1.96 bits per heavy atom. The summed E-state index contributed by atoms with van der Waals surface area (Å²) in [6, 6.07) is 5.82. The van der Waals surface area contributed by atoms with Crippen LogP contribution in [0.4, 0.5) is 4.39 Å². The van der Waals surface area contributed by atoms with Crippen molar-refractivity contribution in [3.63, 3.8) is 0 Å². The summed E-state index contributed by atoms with van der Waals surface area (Å²) in [5.41, 5.74) is 6.81. The number of benzene rings is 1. The standard InChI is InChI=1S/C17H20FN3O2S2/c1-9(12-4-6-13(18)7-5-12)20-16(23)11(3)24-17-21-10(2)14(25-17)8-15(19)22/h4-7,9,11H,8H2,1-3H3,(H2,19,22)(H,20,23)/t9-,11+/m1/s1. The van der Waals surface area contributed by atoms with Gasteiger partial charge < -0.3 is 11.1 Å². The number of aromatic nitrogens is 1. The molecule has 5 nitrogen and oxygen atoms in total. The summed E-state index contributed by atoms with van der Waals surface area (Å²) in [7, 11) is 0. The minimum absolute atomic E-state index is 0.133. The molecule has 0 saturated carbocycles. The zero-order chi connectivity index (χ0) is 18.6. The number of nitrogens with two attached hydrogens (primary N) is 1. The molecular formula is C17H20FN3O2S2. The van der Waals surface area contributed by atoms with E-state index in [-0.39, 0.29) is 29.4 Å². The summed E-state index contributed by atoms with van der Waals surface area (Å²) in [6.45, 7) is 5.46. The number of primary amides is 1. The number of nitrogens with zero attached hydrogens (tertiary/aromatic N) is 1. The molecule has 3 N–H and O–H groups in total. The highest BCUT2D eigenvalue weighted by atomic mass is 32.2. The number of amides is 2. The highest BCUT2D eigenvalue weighted by Gasteiger charge is 2.20. The number of carbonyl (C=O) groups is 2. The van der Waals surface area contributed by atoms with Crippen molar-refractivity contribution in [1.82, 2.24) is 10.3 Å². The van der Waals surface area contributed by atoms with Crippen LogP contribution in [0.25, 0.3) is 0 Å². The fraction of sp³-hybridized carbons (Fsp3) is 0.353. The lowest BCUT2D eigenvalue weighted by molar-refractivity contribution is -0.121. The molecule has 0 radical (unpaired) electrons. The highest BCUT2D eigenvalue weighted by Crippen LogP contribution is 2.30. The number of aryl methyl sites for hydroxylation is 1. The van der Waals surface area contributed by atoms with Gasteiger partial charge in [-0.2, -0.15) is 0 Å². The van der Waals surface area contributed by atoms with Crippen molar-refractivity contribution in [1.29, 1.82) is 0 Å². The maximum absolute atomic E-state index is 13.0. The van der Waals surface area contributed by atoms with E-state index >= 15 is 0 Å². The molecule has 2 amide bonds. The van der Waals surface area contributed by atoms with Gasteiger partial charge in [0.2, 0.25) is 11.8 Å². The Morgan fingerprint density at radius 1 is 1.32 bits per heavy atom. The average Bonchev–Trinajstić information content (AvgIpc) is 2.86. The van der Waals surface area contributed by atoms with E-state index in [1.165, 1.54) is 35.2 Å². The molecule has 2 aromatic rings. The van der Waals surface area contributed by atoms with Gasteiger partial charge in [0.15, 0.2) is 4.34 Å². The van der Waals surface area contributed by atoms with Crippen molar-refractivity contribution in [3.8, 4) is 0 Å². The number of nitrogens with one attached hydrogen (secondary N) is 1. The van der Waals surface area contributed by atoms with Gasteiger partial charge >= 0.3 is 0 Å². The van der Waals surface area contributed by atoms with Crippen molar-refractivity contribution in [2.45, 2.75) is 42.8 Å². The highest BCUT2D eigenvalue weighted by molar-refractivity contribution is 8.02. The quantitative estimate of drug-likeness (QED) is 0.722. The van der Waals surface area contributed by atoms with Gasteiger partial charge in [-0.05, 0) is 38.5 Å². The molecule has 0 aliphatic carbocycles. The first-order valence-corrected chi connectivity index (χ1v) is 9.43. The van der Waals surface area contributed by atoms with Crippen molar-refractivity contribution >= 4 is 34.9 Å². The SMILES string of the molecule is Cc1nc(S[C@@H](C)C(=O)N[C@H](C)c2ccc(F)cc2)sc1CC(N)=O. The van der Waals surface area contributed by atoms with E-state index < -0.39 is 5.91 Å². The summed E-state index contributed by atoms with van der Waals surface area (Å²) < 4.78 is 13.7. The van der Waals surface area contributed by atoms with Crippen molar-refractivity contribution in [2.24, 2.45) is 5.73 Å². The molecule has 2 atom stereocenters. The van der Waals surface area contributed by atoms with Gasteiger partial charge in [-0.3, -0.25) is 9.59 Å². The van der Waals surface area contributed by atoms with Crippen LogP contribution in [0.15, 0.2) is 28.6 Å². The van der Waals surface area contributed by atoms with Gasteiger partial charge in [0, 0.05) is 4.88 Å². The Bertz CT molecular complexity index is 762. The lowest BCUT2D eigenvalue weighted by Crippen LogP contribution is -2.33. The fourth-order valence-corrected chi connectivity index (χ4v) is 4.54. The van der Waals surface area contributed by atoms with Crippen molar-refractivity contribution in [2.75, 3.05) is 0 Å². The van der Waals surface area contributed by atoms with Gasteiger partial charge in [0.1, 0.15) is 5.82 Å². The molecule has 1 aromatic carbocycles. The predicted molar refractivity (Wildman–Crippen MR) is 98.0 cm³/mol. The second kappa shape index (κ2) is 8.44. The molecule has 0 unspecified atom stereocenters.